The fourth-order valence-corrected chi connectivity index (χ4v) is 3.09. The second-order valence-electron chi connectivity index (χ2n) is 7.58. The van der Waals surface area contributed by atoms with Gasteiger partial charge < -0.3 is 9.47 Å². The normalized spacial score (nSPS) is 11.5. The number of unbranched alkanes of at least 4 members (excludes halogenated alkanes) is 5. The Morgan fingerprint density at radius 3 is 2.16 bits per heavy atom. The van der Waals surface area contributed by atoms with Crippen molar-refractivity contribution >= 4 is 5.97 Å². The summed E-state index contributed by atoms with van der Waals surface area (Å²) in [6, 6.07) is 5.59. The molecular weight excluding hydrogens is 384 g/mol. The smallest absolute Gasteiger partial charge is 0.311 e. The molecule has 0 fully saturated rings. The highest BCUT2D eigenvalue weighted by atomic mass is 16.6. The van der Waals surface area contributed by atoms with Gasteiger partial charge in [0.25, 0.3) is 0 Å². The van der Waals surface area contributed by atoms with E-state index in [-0.39, 0.29) is 5.97 Å². The monoisotopic (exact) mass is 424 g/mol. The molecule has 0 spiro atoms. The number of methoxy groups -OCH3 is 1. The lowest BCUT2D eigenvalue weighted by molar-refractivity contribution is -0.134. The van der Waals surface area contributed by atoms with Crippen LogP contribution in [-0.2, 0) is 11.2 Å². The van der Waals surface area contributed by atoms with Crippen molar-refractivity contribution in [1.82, 2.24) is 0 Å². The van der Waals surface area contributed by atoms with Crippen LogP contribution in [0.15, 0.2) is 67.3 Å². The summed E-state index contributed by atoms with van der Waals surface area (Å²) in [5.74, 6) is 0.836. The fraction of sp³-hybridized carbons (Fsp3) is 0.464. The molecule has 1 aromatic carbocycles. The maximum Gasteiger partial charge on any atom is 0.311 e. The number of esters is 1. The maximum atomic E-state index is 12.1. The van der Waals surface area contributed by atoms with Crippen molar-refractivity contribution in [2.24, 2.45) is 0 Å². The number of ether oxygens (including phenoxy) is 2. The Bertz CT molecular complexity index is 713. The van der Waals surface area contributed by atoms with Crippen molar-refractivity contribution < 1.29 is 14.3 Å². The predicted octanol–water partition coefficient (Wildman–Crippen LogP) is 7.92. The van der Waals surface area contributed by atoms with E-state index in [1.807, 2.05) is 18.2 Å². The van der Waals surface area contributed by atoms with E-state index in [1.54, 1.807) is 13.2 Å². The third-order valence-corrected chi connectivity index (χ3v) is 4.85. The van der Waals surface area contributed by atoms with Crippen LogP contribution in [0.3, 0.4) is 0 Å². The molecule has 170 valence electrons. The summed E-state index contributed by atoms with van der Waals surface area (Å²) in [6.45, 7) is 5.97. The van der Waals surface area contributed by atoms with E-state index < -0.39 is 0 Å². The lowest BCUT2D eigenvalue weighted by Gasteiger charge is -2.10. The first-order chi connectivity index (χ1) is 15.2. The van der Waals surface area contributed by atoms with Crippen LogP contribution in [-0.4, -0.2) is 13.1 Å². The number of carbonyl (C=O) groups is 1. The van der Waals surface area contributed by atoms with Crippen molar-refractivity contribution in [3.05, 3.63) is 72.9 Å². The minimum atomic E-state index is -0.218. The zero-order valence-electron chi connectivity index (χ0n) is 19.5. The van der Waals surface area contributed by atoms with Crippen LogP contribution in [0.1, 0.15) is 76.7 Å². The Balaban J connectivity index is 2.14. The molecular formula is C28H40O3. The molecule has 0 aliphatic heterocycles. The van der Waals surface area contributed by atoms with Crippen molar-refractivity contribution in [1.29, 1.82) is 0 Å². The minimum absolute atomic E-state index is 0.218. The molecule has 0 bridgehead atoms. The second-order valence-corrected chi connectivity index (χ2v) is 7.58. The molecule has 3 heteroatoms. The summed E-state index contributed by atoms with van der Waals surface area (Å²) < 4.78 is 10.8. The van der Waals surface area contributed by atoms with E-state index in [4.69, 9.17) is 9.47 Å². The van der Waals surface area contributed by atoms with Gasteiger partial charge in [0.1, 0.15) is 0 Å². The second kappa shape index (κ2) is 18.2. The quantitative estimate of drug-likeness (QED) is 0.110. The molecule has 0 aliphatic carbocycles. The van der Waals surface area contributed by atoms with Gasteiger partial charge in [-0.1, -0.05) is 68.4 Å². The molecule has 1 rings (SSSR count). The Hall–Kier alpha value is -2.55. The first-order valence-corrected chi connectivity index (χ1v) is 11.6. The van der Waals surface area contributed by atoms with Gasteiger partial charge in [0.05, 0.1) is 7.11 Å². The average Bonchev–Trinajstić information content (AvgIpc) is 2.77. The van der Waals surface area contributed by atoms with Crippen molar-refractivity contribution in [3.63, 3.8) is 0 Å². The third-order valence-electron chi connectivity index (χ3n) is 4.85. The average molecular weight is 425 g/mol. The Morgan fingerprint density at radius 1 is 0.903 bits per heavy atom. The predicted molar refractivity (Wildman–Crippen MR) is 132 cm³/mol. The largest absolute Gasteiger partial charge is 0.493 e. The Labute approximate surface area is 189 Å². The van der Waals surface area contributed by atoms with E-state index in [9.17, 15) is 4.79 Å². The molecule has 1 aromatic rings. The molecule has 0 heterocycles. The number of carbonyl (C=O) groups excluding carboxylic acids is 1. The molecule has 31 heavy (non-hydrogen) atoms. The van der Waals surface area contributed by atoms with Gasteiger partial charge >= 0.3 is 5.97 Å². The first kappa shape index (κ1) is 26.5. The number of hydrogen-bond donors (Lipinski definition) is 0. The van der Waals surface area contributed by atoms with Gasteiger partial charge in [0, 0.05) is 6.42 Å². The van der Waals surface area contributed by atoms with Crippen LogP contribution in [0.4, 0.5) is 0 Å². The van der Waals surface area contributed by atoms with Crippen molar-refractivity contribution in [2.75, 3.05) is 7.11 Å². The number of allylic oxidation sites excluding steroid dienone is 7. The molecule has 0 atom stereocenters. The summed E-state index contributed by atoms with van der Waals surface area (Å²) >= 11 is 0. The van der Waals surface area contributed by atoms with Gasteiger partial charge in [-0.25, -0.2) is 0 Å². The van der Waals surface area contributed by atoms with Crippen molar-refractivity contribution in [3.8, 4) is 11.5 Å². The summed E-state index contributed by atoms with van der Waals surface area (Å²) in [7, 11) is 1.58. The van der Waals surface area contributed by atoms with E-state index in [0.717, 1.165) is 44.1 Å². The lowest BCUT2D eigenvalue weighted by Crippen LogP contribution is -2.08. The molecule has 0 aliphatic rings. The molecule has 0 saturated carbocycles. The molecule has 0 N–H and O–H groups in total. The highest BCUT2D eigenvalue weighted by Crippen LogP contribution is 2.28. The van der Waals surface area contributed by atoms with E-state index in [2.05, 4.69) is 50.0 Å². The number of benzene rings is 1. The van der Waals surface area contributed by atoms with Crippen LogP contribution in [0.25, 0.3) is 0 Å². The summed E-state index contributed by atoms with van der Waals surface area (Å²) in [5.41, 5.74) is 1.08. The highest BCUT2D eigenvalue weighted by Gasteiger charge is 2.10. The van der Waals surface area contributed by atoms with Crippen LogP contribution in [0.2, 0.25) is 0 Å². The van der Waals surface area contributed by atoms with Gasteiger partial charge in [0.15, 0.2) is 11.5 Å². The fourth-order valence-electron chi connectivity index (χ4n) is 3.09. The maximum absolute atomic E-state index is 12.1. The molecule has 3 nitrogen and oxygen atoms in total. The van der Waals surface area contributed by atoms with Crippen LogP contribution < -0.4 is 9.47 Å². The molecule has 0 saturated heterocycles. The molecule has 0 unspecified atom stereocenters. The Kier molecular flexibility index (Phi) is 15.6. The lowest BCUT2D eigenvalue weighted by atomic mass is 10.1. The topological polar surface area (TPSA) is 35.5 Å². The first-order valence-electron chi connectivity index (χ1n) is 11.6. The number of hydrogen-bond acceptors (Lipinski definition) is 3. The SMILES string of the molecule is C=CCc1ccc(OC(=O)CCCC/C=C\C/C=C\C/C=C\CCCCC)c(OC)c1. The van der Waals surface area contributed by atoms with Gasteiger partial charge in [-0.05, 0) is 69.1 Å². The van der Waals surface area contributed by atoms with Gasteiger partial charge in [-0.3, -0.25) is 4.79 Å². The van der Waals surface area contributed by atoms with E-state index >= 15 is 0 Å². The molecule has 0 aromatic heterocycles. The zero-order valence-corrected chi connectivity index (χ0v) is 19.5. The number of rotatable bonds is 17. The third kappa shape index (κ3) is 13.4. The summed E-state index contributed by atoms with van der Waals surface area (Å²) in [4.78, 5) is 12.1. The minimum Gasteiger partial charge on any atom is -0.493 e. The van der Waals surface area contributed by atoms with E-state index in [1.165, 1.54) is 25.7 Å². The highest BCUT2D eigenvalue weighted by molar-refractivity contribution is 5.73. The van der Waals surface area contributed by atoms with Crippen LogP contribution >= 0.6 is 0 Å². The molecule has 0 amide bonds. The van der Waals surface area contributed by atoms with Gasteiger partial charge in [0.2, 0.25) is 0 Å². The van der Waals surface area contributed by atoms with Crippen LogP contribution in [0, 0.1) is 0 Å². The Morgan fingerprint density at radius 2 is 1.55 bits per heavy atom. The van der Waals surface area contributed by atoms with Crippen LogP contribution in [0.5, 0.6) is 11.5 Å². The van der Waals surface area contributed by atoms with Gasteiger partial charge in [-0.15, -0.1) is 6.58 Å². The van der Waals surface area contributed by atoms with E-state index in [0.29, 0.717) is 17.9 Å². The molecule has 0 radical (unpaired) electrons. The summed E-state index contributed by atoms with van der Waals surface area (Å²) in [6.07, 6.45) is 26.2. The standard InChI is InChI=1S/C28H40O3/c1-4-6-7-8-9-10-11-12-13-14-15-16-17-18-19-21-28(29)31-26-23-22-25(20-5-2)24-27(26)30-3/h5,9-10,12-13,15-16,22-24H,2,4,6-8,11,14,17-21H2,1,3H3/b10-9-,13-12-,16-15-. The van der Waals surface area contributed by atoms with Gasteiger partial charge in [-0.2, -0.15) is 0 Å². The van der Waals surface area contributed by atoms with Crippen molar-refractivity contribution in [2.45, 2.75) is 77.6 Å². The summed E-state index contributed by atoms with van der Waals surface area (Å²) in [5, 5.41) is 0. The zero-order chi connectivity index (χ0) is 22.6.